The Kier molecular flexibility index (Phi) is 28.0. The summed E-state index contributed by atoms with van der Waals surface area (Å²) < 4.78 is 5.73. The van der Waals surface area contributed by atoms with Crippen LogP contribution in [0.5, 0.6) is 0 Å². The monoisotopic (exact) mass is 610 g/mol. The number of aliphatic hydroxyl groups excluding tert-OH is 1. The van der Waals surface area contributed by atoms with E-state index in [-0.39, 0.29) is 30.9 Å². The third-order valence-electron chi connectivity index (χ3n) is 7.49. The second-order valence-corrected chi connectivity index (χ2v) is 11.6. The molecular weight excluding hydrogens is 548 g/mol. The summed E-state index contributed by atoms with van der Waals surface area (Å²) in [7, 11) is 0. The van der Waals surface area contributed by atoms with E-state index < -0.39 is 24.5 Å². The van der Waals surface area contributed by atoms with Crippen LogP contribution in [0.25, 0.3) is 0 Å². The van der Waals surface area contributed by atoms with Crippen molar-refractivity contribution in [2.24, 2.45) is 0 Å². The zero-order chi connectivity index (χ0) is 32.0. The number of allylic oxidation sites excluding steroid dienone is 2. The molecule has 0 radical (unpaired) electrons. The van der Waals surface area contributed by atoms with Crippen molar-refractivity contribution in [1.82, 2.24) is 10.6 Å². The van der Waals surface area contributed by atoms with E-state index in [0.29, 0.717) is 12.8 Å². The number of amides is 2. The van der Waals surface area contributed by atoms with E-state index in [4.69, 9.17) is 14.9 Å². The Morgan fingerprint density at radius 1 is 0.674 bits per heavy atom. The summed E-state index contributed by atoms with van der Waals surface area (Å²) in [6, 6.07) is -1.39. The van der Waals surface area contributed by atoms with Gasteiger partial charge in [0.1, 0.15) is 12.1 Å². The molecule has 9 nitrogen and oxygen atoms in total. The molecule has 0 spiro atoms. The number of aliphatic carboxylic acids is 1. The van der Waals surface area contributed by atoms with Crippen molar-refractivity contribution in [3.63, 3.8) is 0 Å². The number of hydrogen-bond donors (Lipinski definition) is 4. The fourth-order valence-electron chi connectivity index (χ4n) is 4.88. The van der Waals surface area contributed by atoms with Crippen LogP contribution in [-0.2, 0) is 23.9 Å². The van der Waals surface area contributed by atoms with Gasteiger partial charge in [-0.25, -0.2) is 4.79 Å². The Morgan fingerprint density at radius 3 is 1.81 bits per heavy atom. The maximum atomic E-state index is 12.3. The predicted molar refractivity (Wildman–Crippen MR) is 172 cm³/mol. The molecule has 0 heterocycles. The van der Waals surface area contributed by atoms with Crippen molar-refractivity contribution in [3.8, 4) is 0 Å². The van der Waals surface area contributed by atoms with Crippen molar-refractivity contribution in [3.05, 3.63) is 12.2 Å². The van der Waals surface area contributed by atoms with Crippen LogP contribution in [0.3, 0.4) is 0 Å². The SMILES string of the molecule is CCCCCCCCC/C=C\CCCCCCCC(=O)OC(CCC)CCCCCC(=O)NCC(=O)NC(CO)C(=O)O. The molecule has 250 valence electrons. The molecule has 2 unspecified atom stereocenters. The molecule has 0 saturated heterocycles. The molecule has 0 fully saturated rings. The molecule has 0 aromatic rings. The highest BCUT2D eigenvalue weighted by Gasteiger charge is 2.19. The lowest BCUT2D eigenvalue weighted by Crippen LogP contribution is -2.47. The number of carboxylic acids is 1. The van der Waals surface area contributed by atoms with Crippen LogP contribution in [0.1, 0.15) is 155 Å². The van der Waals surface area contributed by atoms with E-state index in [2.05, 4.69) is 36.6 Å². The first-order valence-corrected chi connectivity index (χ1v) is 17.1. The van der Waals surface area contributed by atoms with Crippen molar-refractivity contribution < 1.29 is 34.1 Å². The number of ether oxygens (including phenoxy) is 1. The molecule has 0 bridgehead atoms. The lowest BCUT2D eigenvalue weighted by atomic mass is 10.0. The highest BCUT2D eigenvalue weighted by molar-refractivity contribution is 5.87. The number of nitrogens with one attached hydrogen (secondary N) is 2. The first-order valence-electron chi connectivity index (χ1n) is 17.1. The highest BCUT2D eigenvalue weighted by atomic mass is 16.5. The van der Waals surface area contributed by atoms with Gasteiger partial charge in [-0.2, -0.15) is 0 Å². The van der Waals surface area contributed by atoms with Crippen LogP contribution in [-0.4, -0.2) is 59.3 Å². The molecule has 2 amide bonds. The Balaban J connectivity index is 3.80. The molecule has 0 aliphatic rings. The van der Waals surface area contributed by atoms with Crippen LogP contribution in [0.15, 0.2) is 12.2 Å². The summed E-state index contributed by atoms with van der Waals surface area (Å²) in [5.74, 6) is -2.42. The molecule has 43 heavy (non-hydrogen) atoms. The minimum atomic E-state index is -1.39. The molecule has 0 aliphatic carbocycles. The van der Waals surface area contributed by atoms with Gasteiger partial charge in [0.2, 0.25) is 11.8 Å². The summed E-state index contributed by atoms with van der Waals surface area (Å²) in [5.41, 5.74) is 0. The quantitative estimate of drug-likeness (QED) is 0.0400. The summed E-state index contributed by atoms with van der Waals surface area (Å²) in [4.78, 5) is 46.8. The van der Waals surface area contributed by atoms with Gasteiger partial charge >= 0.3 is 11.9 Å². The van der Waals surface area contributed by atoms with Gasteiger partial charge in [-0.05, 0) is 57.8 Å². The molecule has 0 rings (SSSR count). The van der Waals surface area contributed by atoms with Gasteiger partial charge in [0.25, 0.3) is 0 Å². The number of hydrogen-bond acceptors (Lipinski definition) is 6. The summed E-state index contributed by atoms with van der Waals surface area (Å²) in [5, 5.41) is 22.3. The van der Waals surface area contributed by atoms with Gasteiger partial charge < -0.3 is 25.6 Å². The van der Waals surface area contributed by atoms with E-state index in [1.54, 1.807) is 0 Å². The van der Waals surface area contributed by atoms with Gasteiger partial charge in [0.15, 0.2) is 0 Å². The molecule has 2 atom stereocenters. The molecule has 4 N–H and O–H groups in total. The number of unbranched alkanes of at least 4 members (excludes halogenated alkanes) is 14. The highest BCUT2D eigenvalue weighted by Crippen LogP contribution is 2.16. The number of carbonyl (C=O) groups is 4. The Hall–Kier alpha value is -2.42. The van der Waals surface area contributed by atoms with Gasteiger partial charge in [-0.3, -0.25) is 14.4 Å². The van der Waals surface area contributed by atoms with Gasteiger partial charge in [0.05, 0.1) is 13.2 Å². The zero-order valence-corrected chi connectivity index (χ0v) is 27.2. The average Bonchev–Trinajstić information content (AvgIpc) is 2.98. The predicted octanol–water partition coefficient (Wildman–Crippen LogP) is 6.75. The van der Waals surface area contributed by atoms with E-state index in [0.717, 1.165) is 57.8 Å². The standard InChI is InChI=1S/C34H62N2O7/c1-3-5-6-7-8-9-10-11-12-13-14-15-16-17-18-22-26-33(40)43-29(23-4-2)24-20-19-21-25-31(38)35-27-32(39)36-30(28-37)34(41)42/h12-13,29-30,37H,3-11,14-28H2,1-2H3,(H,35,38)(H,36,39)(H,41,42)/b13-12-. The number of rotatable bonds is 30. The summed E-state index contributed by atoms with van der Waals surface area (Å²) in [6.07, 6.45) is 27.5. The van der Waals surface area contributed by atoms with Crippen LogP contribution >= 0.6 is 0 Å². The Bertz CT molecular complexity index is 757. The van der Waals surface area contributed by atoms with E-state index in [9.17, 15) is 19.2 Å². The number of carbonyl (C=O) groups excluding carboxylic acids is 3. The fourth-order valence-corrected chi connectivity index (χ4v) is 4.88. The average molecular weight is 611 g/mol. The van der Waals surface area contributed by atoms with Crippen molar-refractivity contribution in [2.45, 2.75) is 167 Å². The largest absolute Gasteiger partial charge is 0.480 e. The normalized spacial score (nSPS) is 12.6. The first kappa shape index (κ1) is 40.6. The van der Waals surface area contributed by atoms with Crippen LogP contribution in [0.4, 0.5) is 0 Å². The van der Waals surface area contributed by atoms with E-state index >= 15 is 0 Å². The van der Waals surface area contributed by atoms with Crippen LogP contribution < -0.4 is 10.6 Å². The minimum absolute atomic E-state index is 0.0865. The molecule has 0 aromatic carbocycles. The molecule has 9 heteroatoms. The fraction of sp³-hybridized carbons (Fsp3) is 0.824. The molecule has 0 aliphatic heterocycles. The lowest BCUT2D eigenvalue weighted by molar-refractivity contribution is -0.150. The minimum Gasteiger partial charge on any atom is -0.480 e. The maximum Gasteiger partial charge on any atom is 0.328 e. The summed E-state index contributed by atoms with van der Waals surface area (Å²) in [6.45, 7) is 3.27. The summed E-state index contributed by atoms with van der Waals surface area (Å²) >= 11 is 0. The van der Waals surface area contributed by atoms with Crippen LogP contribution in [0, 0.1) is 0 Å². The third kappa shape index (κ3) is 26.9. The van der Waals surface area contributed by atoms with Gasteiger partial charge in [0, 0.05) is 12.8 Å². The number of esters is 1. The topological polar surface area (TPSA) is 142 Å². The number of carboxylic acid groups (broad SMARTS) is 1. The smallest absolute Gasteiger partial charge is 0.328 e. The molecular formula is C34H62N2O7. The van der Waals surface area contributed by atoms with Gasteiger partial charge in [-0.15, -0.1) is 0 Å². The second kappa shape index (κ2) is 29.6. The second-order valence-electron chi connectivity index (χ2n) is 11.6. The zero-order valence-electron chi connectivity index (χ0n) is 27.2. The van der Waals surface area contributed by atoms with Gasteiger partial charge in [-0.1, -0.05) is 96.6 Å². The first-order chi connectivity index (χ1) is 20.8. The Morgan fingerprint density at radius 2 is 1.23 bits per heavy atom. The van der Waals surface area contributed by atoms with E-state index in [1.807, 2.05) is 0 Å². The van der Waals surface area contributed by atoms with Crippen molar-refractivity contribution in [1.29, 1.82) is 0 Å². The lowest BCUT2D eigenvalue weighted by Gasteiger charge is -2.17. The maximum absolute atomic E-state index is 12.3. The Labute approximate surface area is 261 Å². The van der Waals surface area contributed by atoms with Crippen LogP contribution in [0.2, 0.25) is 0 Å². The van der Waals surface area contributed by atoms with Crippen molar-refractivity contribution >= 4 is 23.8 Å². The third-order valence-corrected chi connectivity index (χ3v) is 7.49. The van der Waals surface area contributed by atoms with Crippen molar-refractivity contribution in [2.75, 3.05) is 13.2 Å². The van der Waals surface area contributed by atoms with E-state index in [1.165, 1.54) is 64.2 Å². The molecule has 0 saturated carbocycles. The number of aliphatic hydroxyl groups is 1. The molecule has 0 aromatic heterocycles.